The summed E-state index contributed by atoms with van der Waals surface area (Å²) < 4.78 is 25.2. The maximum atomic E-state index is 12.2. The van der Waals surface area contributed by atoms with Gasteiger partial charge in [0.05, 0.1) is 5.75 Å². The second-order valence-corrected chi connectivity index (χ2v) is 7.21. The van der Waals surface area contributed by atoms with Crippen molar-refractivity contribution >= 4 is 15.9 Å². The summed E-state index contributed by atoms with van der Waals surface area (Å²) in [5.74, 6) is -0.165. The number of nitrogens with zero attached hydrogens (tertiary/aromatic N) is 1. The molecule has 0 unspecified atom stereocenters. The lowest BCUT2D eigenvalue weighted by molar-refractivity contribution is -0.120. The zero-order chi connectivity index (χ0) is 14.8. The van der Waals surface area contributed by atoms with Gasteiger partial charge in [-0.05, 0) is 31.2 Å². The van der Waals surface area contributed by atoms with Gasteiger partial charge in [-0.1, -0.05) is 35.9 Å². The first kappa shape index (κ1) is 14.8. The Morgan fingerprint density at radius 2 is 1.90 bits per heavy atom. The Labute approximate surface area is 120 Å². The number of rotatable bonds is 5. The monoisotopic (exact) mass is 293 g/mol. The summed E-state index contributed by atoms with van der Waals surface area (Å²) >= 11 is 0. The molecule has 1 aromatic rings. The Morgan fingerprint density at radius 1 is 1.30 bits per heavy atom. The second kappa shape index (κ2) is 5.79. The van der Waals surface area contributed by atoms with Gasteiger partial charge in [0, 0.05) is 13.1 Å². The molecule has 20 heavy (non-hydrogen) atoms. The van der Waals surface area contributed by atoms with Crippen molar-refractivity contribution in [3.63, 3.8) is 0 Å². The average molecular weight is 293 g/mol. The largest absolute Gasteiger partial charge is 0.269 e. The predicted octanol–water partition coefficient (Wildman–Crippen LogP) is 2.33. The summed E-state index contributed by atoms with van der Waals surface area (Å²) in [5, 5.41) is 0. The van der Waals surface area contributed by atoms with E-state index in [1.165, 1.54) is 13.1 Å². The lowest BCUT2D eigenvalue weighted by Crippen LogP contribution is -2.33. The Balaban J connectivity index is 2.08. The van der Waals surface area contributed by atoms with Crippen molar-refractivity contribution in [2.24, 2.45) is 5.92 Å². The van der Waals surface area contributed by atoms with Crippen molar-refractivity contribution in [2.75, 3.05) is 7.05 Å². The summed E-state index contributed by atoms with van der Waals surface area (Å²) in [4.78, 5) is 12.0. The van der Waals surface area contributed by atoms with Gasteiger partial charge < -0.3 is 0 Å². The molecule has 1 aromatic carbocycles. The van der Waals surface area contributed by atoms with Crippen LogP contribution in [-0.2, 0) is 20.6 Å². The van der Waals surface area contributed by atoms with Gasteiger partial charge in [0.15, 0.2) is 0 Å². The number of sulfonamides is 1. The third kappa shape index (κ3) is 3.70. The van der Waals surface area contributed by atoms with E-state index in [2.05, 4.69) is 0 Å². The van der Waals surface area contributed by atoms with Crippen LogP contribution in [-0.4, -0.2) is 25.7 Å². The first-order chi connectivity index (χ1) is 9.40. The molecule has 1 amide bonds. The zero-order valence-corrected chi connectivity index (χ0v) is 12.6. The second-order valence-electron chi connectivity index (χ2n) is 5.21. The van der Waals surface area contributed by atoms with Crippen LogP contribution in [0.3, 0.4) is 0 Å². The van der Waals surface area contributed by atoms with Crippen molar-refractivity contribution in [1.29, 1.82) is 0 Å². The summed E-state index contributed by atoms with van der Waals surface area (Å²) in [6.07, 6.45) is 3.63. The number of amides is 1. The molecule has 0 radical (unpaired) electrons. The van der Waals surface area contributed by atoms with Gasteiger partial charge in [-0.2, -0.15) is 0 Å². The molecule has 1 saturated carbocycles. The maximum Gasteiger partial charge on any atom is 0.259 e. The first-order valence-electron chi connectivity index (χ1n) is 6.63. The van der Waals surface area contributed by atoms with E-state index in [-0.39, 0.29) is 5.75 Å². The number of allylic oxidation sites excluding steroid dienone is 1. The molecule has 0 N–H and O–H groups in total. The lowest BCUT2D eigenvalue weighted by atomic mass is 10.2. The molecule has 5 heteroatoms. The van der Waals surface area contributed by atoms with Crippen LogP contribution in [0.5, 0.6) is 0 Å². The molecule has 0 heterocycles. The molecular weight excluding hydrogens is 274 g/mol. The van der Waals surface area contributed by atoms with Gasteiger partial charge in [-0.15, -0.1) is 0 Å². The number of carbonyl (C=O) groups is 1. The topological polar surface area (TPSA) is 54.5 Å². The van der Waals surface area contributed by atoms with Crippen molar-refractivity contribution in [2.45, 2.75) is 25.5 Å². The number of hydrogen-bond donors (Lipinski definition) is 0. The summed E-state index contributed by atoms with van der Waals surface area (Å²) in [5.41, 5.74) is 1.65. The summed E-state index contributed by atoms with van der Waals surface area (Å²) in [7, 11) is -2.31. The van der Waals surface area contributed by atoms with E-state index in [0.29, 0.717) is 11.5 Å². The summed E-state index contributed by atoms with van der Waals surface area (Å²) in [6, 6.07) is 8.86. The number of carbonyl (C=O) groups excluding carboxylic acids is 1. The summed E-state index contributed by atoms with van der Waals surface area (Å²) in [6.45, 7) is 1.88. The fourth-order valence-corrected chi connectivity index (χ4v) is 3.10. The maximum absolute atomic E-state index is 12.2. The van der Waals surface area contributed by atoms with Crippen LogP contribution >= 0.6 is 0 Å². The smallest absolute Gasteiger partial charge is 0.259 e. The van der Waals surface area contributed by atoms with Crippen molar-refractivity contribution in [3.8, 4) is 0 Å². The van der Waals surface area contributed by atoms with Gasteiger partial charge >= 0.3 is 0 Å². The van der Waals surface area contributed by atoms with E-state index < -0.39 is 15.9 Å². The normalized spacial score (nSPS) is 16.0. The lowest BCUT2D eigenvalue weighted by Gasteiger charge is -2.16. The van der Waals surface area contributed by atoms with Crippen molar-refractivity contribution in [3.05, 3.63) is 47.5 Å². The molecule has 1 aliphatic carbocycles. The molecule has 0 bridgehead atoms. The average Bonchev–Trinajstić information content (AvgIpc) is 3.22. The van der Waals surface area contributed by atoms with Gasteiger partial charge in [0.1, 0.15) is 0 Å². The molecule has 0 saturated heterocycles. The quantitative estimate of drug-likeness (QED) is 0.783. The SMILES string of the molecule is CC(=CC(=O)N(C)S(=O)(=O)Cc1ccccc1)C1CC1. The number of hydrogen-bond acceptors (Lipinski definition) is 3. The highest BCUT2D eigenvalue weighted by Crippen LogP contribution is 2.36. The van der Waals surface area contributed by atoms with Crippen LogP contribution < -0.4 is 0 Å². The molecule has 0 atom stereocenters. The third-order valence-electron chi connectivity index (χ3n) is 3.49. The Bertz CT molecular complexity index is 616. The van der Waals surface area contributed by atoms with Crippen LogP contribution in [0.25, 0.3) is 0 Å². The molecule has 1 aliphatic rings. The highest BCUT2D eigenvalue weighted by Gasteiger charge is 2.26. The molecule has 1 fully saturated rings. The molecule has 0 aliphatic heterocycles. The van der Waals surface area contributed by atoms with E-state index in [9.17, 15) is 13.2 Å². The minimum absolute atomic E-state index is 0.160. The predicted molar refractivity (Wildman–Crippen MR) is 78.3 cm³/mol. The standard InChI is InChI=1S/C15H19NO3S/c1-12(14-8-9-14)10-15(17)16(2)20(18,19)11-13-6-4-3-5-7-13/h3-7,10,14H,8-9,11H2,1-2H3. The van der Waals surface area contributed by atoms with E-state index in [1.54, 1.807) is 24.3 Å². The zero-order valence-electron chi connectivity index (χ0n) is 11.7. The van der Waals surface area contributed by atoms with Gasteiger partial charge in [-0.3, -0.25) is 4.79 Å². The molecule has 2 rings (SSSR count). The highest BCUT2D eigenvalue weighted by molar-refractivity contribution is 7.88. The van der Waals surface area contributed by atoms with Gasteiger partial charge in [0.2, 0.25) is 10.0 Å². The number of likely N-dealkylation sites (N-methyl/N-ethyl adjacent to an activating group) is 1. The van der Waals surface area contributed by atoms with E-state index in [4.69, 9.17) is 0 Å². The van der Waals surface area contributed by atoms with Gasteiger partial charge in [0.25, 0.3) is 5.91 Å². The first-order valence-corrected chi connectivity index (χ1v) is 8.24. The molecule has 0 aromatic heterocycles. The Kier molecular flexibility index (Phi) is 4.28. The van der Waals surface area contributed by atoms with Crippen molar-refractivity contribution < 1.29 is 13.2 Å². The van der Waals surface area contributed by atoms with E-state index >= 15 is 0 Å². The third-order valence-corrected chi connectivity index (χ3v) is 5.20. The molecule has 0 spiro atoms. The molecule has 108 valence electrons. The minimum atomic E-state index is -3.62. The van der Waals surface area contributed by atoms with E-state index in [0.717, 1.165) is 22.7 Å². The highest BCUT2D eigenvalue weighted by atomic mass is 32.2. The molecular formula is C15H19NO3S. The van der Waals surface area contributed by atoms with Crippen LogP contribution in [0.2, 0.25) is 0 Å². The van der Waals surface area contributed by atoms with Gasteiger partial charge in [-0.25, -0.2) is 12.7 Å². The van der Waals surface area contributed by atoms with E-state index in [1.807, 2.05) is 13.0 Å². The fraction of sp³-hybridized carbons (Fsp3) is 0.400. The number of benzene rings is 1. The van der Waals surface area contributed by atoms with Crippen LogP contribution in [0.1, 0.15) is 25.3 Å². The minimum Gasteiger partial charge on any atom is -0.269 e. The van der Waals surface area contributed by atoms with Crippen LogP contribution in [0, 0.1) is 5.92 Å². The Hall–Kier alpha value is -1.62. The molecule has 4 nitrogen and oxygen atoms in total. The van der Waals surface area contributed by atoms with Crippen LogP contribution in [0.4, 0.5) is 0 Å². The Morgan fingerprint density at radius 3 is 2.45 bits per heavy atom. The van der Waals surface area contributed by atoms with Crippen LogP contribution in [0.15, 0.2) is 42.0 Å². The van der Waals surface area contributed by atoms with Crippen molar-refractivity contribution in [1.82, 2.24) is 4.31 Å². The fourth-order valence-electron chi connectivity index (χ4n) is 1.96.